The summed E-state index contributed by atoms with van der Waals surface area (Å²) in [6, 6.07) is 6.30. The molecule has 0 bridgehead atoms. The summed E-state index contributed by atoms with van der Waals surface area (Å²) in [5.74, 6) is 1.38. The van der Waals surface area contributed by atoms with Crippen LogP contribution in [0.3, 0.4) is 0 Å². The summed E-state index contributed by atoms with van der Waals surface area (Å²) in [6.45, 7) is 2.82. The van der Waals surface area contributed by atoms with Crippen LogP contribution < -0.4 is 29.0 Å². The van der Waals surface area contributed by atoms with Gasteiger partial charge in [-0.3, -0.25) is 4.79 Å². The van der Waals surface area contributed by atoms with Crippen LogP contribution >= 0.6 is 0 Å². The van der Waals surface area contributed by atoms with Gasteiger partial charge in [-0.15, -0.1) is 0 Å². The minimum absolute atomic E-state index is 0.0997. The zero-order chi connectivity index (χ0) is 24.7. The monoisotopic (exact) mass is 473 g/mol. The number of quaternary nitrogens is 1. The molecule has 184 valence electrons. The van der Waals surface area contributed by atoms with E-state index in [0.29, 0.717) is 72.5 Å². The van der Waals surface area contributed by atoms with Gasteiger partial charge in [0.2, 0.25) is 5.78 Å². The van der Waals surface area contributed by atoms with E-state index in [4.69, 9.17) is 28.4 Å². The van der Waals surface area contributed by atoms with Crippen LogP contribution in [-0.4, -0.2) is 67.6 Å². The summed E-state index contributed by atoms with van der Waals surface area (Å²) < 4.78 is 32.5. The summed E-state index contributed by atoms with van der Waals surface area (Å²) in [5, 5.41) is 12.8. The van der Waals surface area contributed by atoms with Crippen molar-refractivity contribution in [3.05, 3.63) is 46.7 Å². The zero-order valence-electron chi connectivity index (χ0n) is 20.2. The second-order valence-corrected chi connectivity index (χ2v) is 7.72. The van der Waals surface area contributed by atoms with Gasteiger partial charge in [0.1, 0.15) is 31.1 Å². The van der Waals surface area contributed by atoms with Crippen molar-refractivity contribution in [2.45, 2.75) is 6.54 Å². The van der Waals surface area contributed by atoms with Crippen LogP contribution in [0.1, 0.15) is 21.5 Å². The molecule has 0 aromatic heterocycles. The van der Waals surface area contributed by atoms with Crippen molar-refractivity contribution in [2.24, 2.45) is 0 Å². The normalized spacial score (nSPS) is 13.8. The number of methoxy groups -OCH3 is 5. The van der Waals surface area contributed by atoms with E-state index < -0.39 is 0 Å². The highest BCUT2D eigenvalue weighted by molar-refractivity contribution is 6.15. The average molecular weight is 474 g/mol. The lowest BCUT2D eigenvalue weighted by Crippen LogP contribution is -3.11. The minimum atomic E-state index is -0.302. The molecule has 9 nitrogen and oxygen atoms in total. The van der Waals surface area contributed by atoms with Crippen LogP contribution in [0.25, 0.3) is 6.08 Å². The molecule has 2 aromatic rings. The molecule has 0 unspecified atom stereocenters. The van der Waals surface area contributed by atoms with Gasteiger partial charge in [-0.1, -0.05) is 11.8 Å². The molecule has 3 rings (SSSR count). The summed E-state index contributed by atoms with van der Waals surface area (Å²) >= 11 is 0. The molecule has 0 fully saturated rings. The molecule has 0 spiro atoms. The van der Waals surface area contributed by atoms with Crippen LogP contribution in [0.2, 0.25) is 0 Å². The molecule has 34 heavy (non-hydrogen) atoms. The Balaban J connectivity index is 1.96. The predicted octanol–water partition coefficient (Wildman–Crippen LogP) is 1.08. The molecule has 0 radical (unpaired) electrons. The summed E-state index contributed by atoms with van der Waals surface area (Å²) in [6.07, 6.45) is 1.58. The Morgan fingerprint density at radius 3 is 2.12 bits per heavy atom. The Kier molecular flexibility index (Phi) is 8.75. The third-order valence-corrected chi connectivity index (χ3v) is 5.67. The van der Waals surface area contributed by atoms with Crippen molar-refractivity contribution >= 4 is 11.9 Å². The van der Waals surface area contributed by atoms with Gasteiger partial charge < -0.3 is 38.4 Å². The lowest BCUT2D eigenvalue weighted by Gasteiger charge is -2.23. The number of rotatable bonds is 12. The molecule has 0 saturated heterocycles. The Labute approximate surface area is 199 Å². The Morgan fingerprint density at radius 2 is 1.53 bits per heavy atom. The number of Topliss-reactive ketones (excluding diaryl/α,β-unsaturated/α-hetero) is 1. The number of ketones is 1. The van der Waals surface area contributed by atoms with Crippen LogP contribution in [0, 0.1) is 0 Å². The maximum atomic E-state index is 13.1. The number of carbonyl (C=O) groups is 1. The number of ether oxygens (including phenoxy) is 6. The molecule has 1 heterocycles. The quantitative estimate of drug-likeness (QED) is 0.457. The molecule has 2 aromatic carbocycles. The minimum Gasteiger partial charge on any atom is -0.872 e. The van der Waals surface area contributed by atoms with Gasteiger partial charge in [-0.2, -0.15) is 0 Å². The molecular formula is C25H31NO8. The second-order valence-electron chi connectivity index (χ2n) is 7.72. The van der Waals surface area contributed by atoms with Crippen LogP contribution in [0.15, 0.2) is 30.0 Å². The summed E-state index contributed by atoms with van der Waals surface area (Å²) in [7, 11) is 7.84. The highest BCUT2D eigenvalue weighted by atomic mass is 16.5. The first-order valence-electron chi connectivity index (χ1n) is 10.9. The highest BCUT2D eigenvalue weighted by Crippen LogP contribution is 2.40. The topological polar surface area (TPSA) is 100.0 Å². The Morgan fingerprint density at radius 1 is 0.912 bits per heavy atom. The third kappa shape index (κ3) is 5.44. The van der Waals surface area contributed by atoms with Gasteiger partial charge in [0.25, 0.3) is 0 Å². The van der Waals surface area contributed by atoms with Gasteiger partial charge in [0.15, 0.2) is 17.3 Å². The van der Waals surface area contributed by atoms with E-state index in [1.54, 1.807) is 32.4 Å². The van der Waals surface area contributed by atoms with E-state index in [9.17, 15) is 9.90 Å². The fourth-order valence-corrected chi connectivity index (χ4v) is 3.81. The van der Waals surface area contributed by atoms with Crippen molar-refractivity contribution in [3.8, 4) is 28.7 Å². The number of allylic oxidation sites excluding steroid dienone is 1. The molecule has 1 aliphatic heterocycles. The number of nitrogens with one attached hydrogen (secondary N) is 1. The van der Waals surface area contributed by atoms with Crippen LogP contribution in [0.5, 0.6) is 28.7 Å². The SMILES string of the molecule is COCC[NH+](CCOC)Cc1c([O-])ccc2c1OC(=Cc1cc(OC)c(OC)cc1OC)C2=O. The molecule has 1 aliphatic rings. The van der Waals surface area contributed by atoms with Gasteiger partial charge in [0.05, 0.1) is 40.1 Å². The third-order valence-electron chi connectivity index (χ3n) is 5.67. The first-order chi connectivity index (χ1) is 16.5. The lowest BCUT2D eigenvalue weighted by molar-refractivity contribution is -0.914. The van der Waals surface area contributed by atoms with E-state index >= 15 is 0 Å². The molecule has 0 aliphatic carbocycles. The van der Waals surface area contributed by atoms with Crippen molar-refractivity contribution < 1.29 is 43.2 Å². The van der Waals surface area contributed by atoms with E-state index in [1.807, 2.05) is 0 Å². The Bertz CT molecular complexity index is 1040. The maximum absolute atomic E-state index is 13.1. The number of hydrogen-bond donors (Lipinski definition) is 1. The van der Waals surface area contributed by atoms with E-state index in [1.165, 1.54) is 33.5 Å². The standard InChI is InChI=1S/C25H31NO8/c1-29-10-8-26(9-11-30-2)15-18-19(27)7-6-17-24(28)23(34-25(17)18)13-16-12-21(32-4)22(33-5)14-20(16)31-3/h6-7,12-14,27H,8-11,15H2,1-5H3. The first kappa shape index (κ1) is 25.4. The fourth-order valence-electron chi connectivity index (χ4n) is 3.81. The average Bonchev–Trinajstić information content (AvgIpc) is 3.16. The summed E-state index contributed by atoms with van der Waals surface area (Å²) in [4.78, 5) is 14.2. The number of fused-ring (bicyclic) bond motifs is 1. The number of carbonyl (C=O) groups excluding carboxylic acids is 1. The predicted molar refractivity (Wildman–Crippen MR) is 123 cm³/mol. The van der Waals surface area contributed by atoms with Crippen molar-refractivity contribution in [1.29, 1.82) is 0 Å². The van der Waals surface area contributed by atoms with E-state index in [0.717, 1.165) is 4.90 Å². The van der Waals surface area contributed by atoms with Gasteiger partial charge in [0, 0.05) is 31.4 Å². The maximum Gasteiger partial charge on any atom is 0.231 e. The van der Waals surface area contributed by atoms with Crippen molar-refractivity contribution in [3.63, 3.8) is 0 Å². The highest BCUT2D eigenvalue weighted by Gasteiger charge is 2.31. The molecular weight excluding hydrogens is 442 g/mol. The van der Waals surface area contributed by atoms with E-state index in [2.05, 4.69) is 0 Å². The van der Waals surface area contributed by atoms with Crippen LogP contribution in [-0.2, 0) is 16.0 Å². The molecule has 0 atom stereocenters. The van der Waals surface area contributed by atoms with Gasteiger partial charge in [-0.25, -0.2) is 0 Å². The van der Waals surface area contributed by atoms with E-state index in [-0.39, 0.29) is 17.3 Å². The molecule has 1 N–H and O–H groups in total. The second kappa shape index (κ2) is 11.7. The first-order valence-corrected chi connectivity index (χ1v) is 10.9. The Hall–Kier alpha value is -3.27. The zero-order valence-corrected chi connectivity index (χ0v) is 20.2. The largest absolute Gasteiger partial charge is 0.872 e. The fraction of sp³-hybridized carbons (Fsp3) is 0.400. The van der Waals surface area contributed by atoms with Crippen LogP contribution in [0.4, 0.5) is 0 Å². The summed E-state index contributed by atoms with van der Waals surface area (Å²) in [5.41, 5.74) is 1.39. The van der Waals surface area contributed by atoms with Crippen molar-refractivity contribution in [2.75, 3.05) is 61.9 Å². The van der Waals surface area contributed by atoms with Gasteiger partial charge >= 0.3 is 0 Å². The molecule has 9 heteroatoms. The number of hydrogen-bond acceptors (Lipinski definition) is 8. The lowest BCUT2D eigenvalue weighted by atomic mass is 10.0. The molecule has 0 saturated carbocycles. The number of benzene rings is 2. The molecule has 0 amide bonds. The van der Waals surface area contributed by atoms with Gasteiger partial charge in [-0.05, 0) is 18.2 Å². The smallest absolute Gasteiger partial charge is 0.231 e. The van der Waals surface area contributed by atoms with Crippen molar-refractivity contribution in [1.82, 2.24) is 0 Å².